The number of nitrogens with zero attached hydrogens (tertiary/aromatic N) is 1. The lowest BCUT2D eigenvalue weighted by Gasteiger charge is -2.04. The predicted octanol–water partition coefficient (Wildman–Crippen LogP) is 2.98. The van der Waals surface area contributed by atoms with Crippen LogP contribution in [0.3, 0.4) is 0 Å². The van der Waals surface area contributed by atoms with E-state index >= 15 is 0 Å². The largest absolute Gasteiger partial charge is 0.494 e. The number of hydrogen-bond donors (Lipinski definition) is 2. The Morgan fingerprint density at radius 3 is 2.68 bits per heavy atom. The average molecular weight is 259 g/mol. The summed E-state index contributed by atoms with van der Waals surface area (Å²) in [5.74, 6) is 0.911. The molecule has 1 heterocycles. The first-order chi connectivity index (χ1) is 9.33. The number of nitrogens with one attached hydrogen (secondary N) is 2. The first kappa shape index (κ1) is 13.6. The van der Waals surface area contributed by atoms with Gasteiger partial charge in [-0.25, -0.2) is 0 Å². The Balaban J connectivity index is 2.02. The van der Waals surface area contributed by atoms with Gasteiger partial charge < -0.3 is 10.1 Å². The van der Waals surface area contributed by atoms with Crippen LogP contribution in [0.2, 0.25) is 0 Å². The molecule has 0 spiro atoms. The Bertz CT molecular complexity index is 490. The smallest absolute Gasteiger partial charge is 0.119 e. The molecule has 2 N–H and O–H groups in total. The molecule has 2 rings (SSSR count). The first-order valence-corrected chi connectivity index (χ1v) is 6.81. The third-order valence-corrected chi connectivity index (χ3v) is 2.82. The number of benzene rings is 1. The lowest BCUT2D eigenvalue weighted by molar-refractivity contribution is 0.317. The van der Waals surface area contributed by atoms with Gasteiger partial charge in [-0.15, -0.1) is 0 Å². The quantitative estimate of drug-likeness (QED) is 0.803. The summed E-state index contributed by atoms with van der Waals surface area (Å²) in [5, 5.41) is 10.6. The maximum absolute atomic E-state index is 5.57. The fraction of sp³-hybridized carbons (Fsp3) is 0.400. The first-order valence-electron chi connectivity index (χ1n) is 6.81. The summed E-state index contributed by atoms with van der Waals surface area (Å²) in [4.78, 5) is 0. The van der Waals surface area contributed by atoms with Gasteiger partial charge in [0, 0.05) is 17.8 Å². The maximum atomic E-state index is 5.57. The number of ether oxygens (including phenoxy) is 1. The van der Waals surface area contributed by atoms with Crippen LogP contribution in [0.4, 0.5) is 0 Å². The van der Waals surface area contributed by atoms with Crippen molar-refractivity contribution >= 4 is 0 Å². The van der Waals surface area contributed by atoms with Crippen LogP contribution in [0.15, 0.2) is 30.3 Å². The molecule has 102 valence electrons. The number of hydrogen-bond acceptors (Lipinski definition) is 3. The van der Waals surface area contributed by atoms with E-state index in [1.165, 1.54) is 0 Å². The summed E-state index contributed by atoms with van der Waals surface area (Å²) in [7, 11) is 0. The second kappa shape index (κ2) is 6.95. The zero-order valence-corrected chi connectivity index (χ0v) is 11.6. The van der Waals surface area contributed by atoms with Crippen molar-refractivity contribution in [3.63, 3.8) is 0 Å². The molecule has 19 heavy (non-hydrogen) atoms. The Kier molecular flexibility index (Phi) is 4.98. The zero-order chi connectivity index (χ0) is 13.5. The van der Waals surface area contributed by atoms with E-state index in [0.717, 1.165) is 48.8 Å². The van der Waals surface area contributed by atoms with Crippen LogP contribution >= 0.6 is 0 Å². The molecule has 0 saturated carbocycles. The standard InChI is InChI=1S/C15H21N3O/c1-3-9-19-14-7-5-12(6-8-14)15-10-13(17-18-15)11-16-4-2/h5-8,10,16H,3-4,9,11H2,1-2H3,(H,17,18). The van der Waals surface area contributed by atoms with Crippen molar-refractivity contribution < 1.29 is 4.74 Å². The summed E-state index contributed by atoms with van der Waals surface area (Å²) in [6.07, 6.45) is 1.02. The Morgan fingerprint density at radius 2 is 2.00 bits per heavy atom. The van der Waals surface area contributed by atoms with Crippen LogP contribution in [0.25, 0.3) is 11.3 Å². The second-order valence-electron chi connectivity index (χ2n) is 4.43. The van der Waals surface area contributed by atoms with Gasteiger partial charge in [0.1, 0.15) is 5.75 Å². The molecule has 4 nitrogen and oxygen atoms in total. The number of rotatable bonds is 7. The molecule has 0 fully saturated rings. The van der Waals surface area contributed by atoms with Crippen LogP contribution in [0.1, 0.15) is 26.0 Å². The van der Waals surface area contributed by atoms with Gasteiger partial charge in [0.25, 0.3) is 0 Å². The molecular weight excluding hydrogens is 238 g/mol. The van der Waals surface area contributed by atoms with Gasteiger partial charge in [-0.3, -0.25) is 5.10 Å². The van der Waals surface area contributed by atoms with Gasteiger partial charge >= 0.3 is 0 Å². The van der Waals surface area contributed by atoms with E-state index < -0.39 is 0 Å². The average Bonchev–Trinajstić information content (AvgIpc) is 2.92. The minimum Gasteiger partial charge on any atom is -0.494 e. The summed E-state index contributed by atoms with van der Waals surface area (Å²) < 4.78 is 5.57. The predicted molar refractivity (Wildman–Crippen MR) is 77.2 cm³/mol. The van der Waals surface area contributed by atoms with E-state index in [-0.39, 0.29) is 0 Å². The highest BCUT2D eigenvalue weighted by molar-refractivity contribution is 5.60. The van der Waals surface area contributed by atoms with Crippen molar-refractivity contribution in [2.24, 2.45) is 0 Å². The molecule has 0 bridgehead atoms. The molecule has 0 unspecified atom stereocenters. The van der Waals surface area contributed by atoms with Crippen molar-refractivity contribution in [2.75, 3.05) is 13.2 Å². The van der Waals surface area contributed by atoms with Crippen LogP contribution in [-0.2, 0) is 6.54 Å². The van der Waals surface area contributed by atoms with E-state index in [2.05, 4.69) is 35.4 Å². The molecule has 0 radical (unpaired) electrons. The minimum absolute atomic E-state index is 0.759. The van der Waals surface area contributed by atoms with Crippen LogP contribution < -0.4 is 10.1 Å². The normalized spacial score (nSPS) is 10.6. The van der Waals surface area contributed by atoms with Gasteiger partial charge in [0.15, 0.2) is 0 Å². The fourth-order valence-electron chi connectivity index (χ4n) is 1.80. The van der Waals surface area contributed by atoms with E-state index in [1.54, 1.807) is 0 Å². The molecule has 4 heteroatoms. The molecule has 0 aliphatic heterocycles. The molecule has 0 atom stereocenters. The summed E-state index contributed by atoms with van der Waals surface area (Å²) >= 11 is 0. The lowest BCUT2D eigenvalue weighted by atomic mass is 10.1. The van der Waals surface area contributed by atoms with E-state index in [0.29, 0.717) is 0 Å². The van der Waals surface area contributed by atoms with Crippen molar-refractivity contribution in [2.45, 2.75) is 26.8 Å². The molecule has 0 amide bonds. The lowest BCUT2D eigenvalue weighted by Crippen LogP contribution is -2.11. The van der Waals surface area contributed by atoms with E-state index in [1.807, 2.05) is 24.3 Å². The van der Waals surface area contributed by atoms with Crippen LogP contribution in [0, 0.1) is 0 Å². The van der Waals surface area contributed by atoms with Gasteiger partial charge in [-0.1, -0.05) is 13.8 Å². The van der Waals surface area contributed by atoms with Crippen molar-refractivity contribution in [3.05, 3.63) is 36.0 Å². The molecule has 0 aliphatic carbocycles. The van der Waals surface area contributed by atoms with Crippen molar-refractivity contribution in [3.8, 4) is 17.0 Å². The fourth-order valence-corrected chi connectivity index (χ4v) is 1.80. The maximum Gasteiger partial charge on any atom is 0.119 e. The van der Waals surface area contributed by atoms with Gasteiger partial charge in [0.05, 0.1) is 12.3 Å². The van der Waals surface area contributed by atoms with Gasteiger partial charge in [0.2, 0.25) is 0 Å². The minimum atomic E-state index is 0.759. The van der Waals surface area contributed by atoms with E-state index in [9.17, 15) is 0 Å². The Morgan fingerprint density at radius 1 is 1.21 bits per heavy atom. The third kappa shape index (κ3) is 3.83. The Hall–Kier alpha value is -1.81. The Labute approximate surface area is 114 Å². The summed E-state index contributed by atoms with van der Waals surface area (Å²) in [6, 6.07) is 10.1. The van der Waals surface area contributed by atoms with Gasteiger partial charge in [-0.2, -0.15) is 5.10 Å². The molecule has 0 aliphatic rings. The SMILES string of the molecule is CCCOc1ccc(-c2cc(CNCC)[nH]n2)cc1. The number of H-pyrrole nitrogens is 1. The number of aromatic amines is 1. The van der Waals surface area contributed by atoms with Crippen LogP contribution in [-0.4, -0.2) is 23.3 Å². The zero-order valence-electron chi connectivity index (χ0n) is 11.6. The third-order valence-electron chi connectivity index (χ3n) is 2.82. The monoisotopic (exact) mass is 259 g/mol. The van der Waals surface area contributed by atoms with Crippen molar-refractivity contribution in [1.29, 1.82) is 0 Å². The highest BCUT2D eigenvalue weighted by atomic mass is 16.5. The summed E-state index contributed by atoms with van der Waals surface area (Å²) in [6.45, 7) is 6.73. The molecule has 2 aromatic rings. The highest BCUT2D eigenvalue weighted by Gasteiger charge is 2.04. The van der Waals surface area contributed by atoms with E-state index in [4.69, 9.17) is 4.74 Å². The highest BCUT2D eigenvalue weighted by Crippen LogP contribution is 2.21. The van der Waals surface area contributed by atoms with Gasteiger partial charge in [-0.05, 0) is 43.3 Å². The number of aromatic nitrogens is 2. The van der Waals surface area contributed by atoms with Crippen molar-refractivity contribution in [1.82, 2.24) is 15.5 Å². The summed E-state index contributed by atoms with van der Waals surface area (Å²) in [5.41, 5.74) is 3.17. The second-order valence-corrected chi connectivity index (χ2v) is 4.43. The molecule has 0 saturated heterocycles. The topological polar surface area (TPSA) is 49.9 Å². The molecule has 1 aromatic carbocycles. The van der Waals surface area contributed by atoms with Crippen LogP contribution in [0.5, 0.6) is 5.75 Å². The molecule has 1 aromatic heterocycles. The molecular formula is C15H21N3O.